The first-order chi connectivity index (χ1) is 25.6. The lowest BCUT2D eigenvalue weighted by Gasteiger charge is -2.34. The first kappa shape index (κ1) is 51.1. The van der Waals surface area contributed by atoms with Gasteiger partial charge in [-0.2, -0.15) is 0 Å². The van der Waals surface area contributed by atoms with Gasteiger partial charge in [0.05, 0.1) is 40.3 Å². The summed E-state index contributed by atoms with van der Waals surface area (Å²) >= 11 is 0. The summed E-state index contributed by atoms with van der Waals surface area (Å²) in [6.07, 6.45) is 38.0. The fraction of sp³-hybridized carbons (Fsp3) is 0.889. The lowest BCUT2D eigenvalue weighted by Crippen LogP contribution is -2.55. The fourth-order valence-corrected chi connectivity index (χ4v) is 6.65. The van der Waals surface area contributed by atoms with Crippen molar-refractivity contribution in [1.29, 1.82) is 0 Å². The number of carbonyl (C=O) groups excluding carboxylic acids is 3. The third kappa shape index (κ3) is 35.5. The molecular formula is C45H85NO7. The van der Waals surface area contributed by atoms with E-state index in [0.29, 0.717) is 12.8 Å². The number of carboxylic acids is 1. The van der Waals surface area contributed by atoms with Gasteiger partial charge in [0.25, 0.3) is 0 Å². The van der Waals surface area contributed by atoms with Gasteiger partial charge in [-0.05, 0) is 38.5 Å². The van der Waals surface area contributed by atoms with Gasteiger partial charge < -0.3 is 28.6 Å². The second-order valence-corrected chi connectivity index (χ2v) is 16.3. The minimum Gasteiger partial charge on any atom is -0.544 e. The molecule has 0 aliphatic carbocycles. The van der Waals surface area contributed by atoms with Gasteiger partial charge in [0, 0.05) is 19.3 Å². The molecule has 0 aromatic carbocycles. The third-order valence-corrected chi connectivity index (χ3v) is 10.2. The average Bonchev–Trinajstić information content (AvgIpc) is 3.11. The molecule has 0 bridgehead atoms. The van der Waals surface area contributed by atoms with E-state index in [-0.39, 0.29) is 42.7 Å². The van der Waals surface area contributed by atoms with Crippen LogP contribution in [-0.2, 0) is 28.6 Å². The quantitative estimate of drug-likeness (QED) is 0.0266. The second-order valence-electron chi connectivity index (χ2n) is 16.3. The highest BCUT2D eigenvalue weighted by molar-refractivity contribution is 5.70. The van der Waals surface area contributed by atoms with Crippen LogP contribution in [0, 0.1) is 0 Å². The Morgan fingerprint density at radius 3 is 1.36 bits per heavy atom. The van der Waals surface area contributed by atoms with Crippen molar-refractivity contribution in [2.24, 2.45) is 0 Å². The maximum absolute atomic E-state index is 12.7. The van der Waals surface area contributed by atoms with Crippen LogP contribution in [0.1, 0.15) is 206 Å². The van der Waals surface area contributed by atoms with E-state index in [4.69, 9.17) is 14.2 Å². The normalized spacial score (nSPS) is 13.0. The van der Waals surface area contributed by atoms with Crippen molar-refractivity contribution in [3.05, 3.63) is 12.2 Å². The topological polar surface area (TPSA) is 102 Å². The van der Waals surface area contributed by atoms with Crippen LogP contribution in [0.15, 0.2) is 12.2 Å². The number of likely N-dealkylation sites (N-methyl/N-ethyl adjacent to an activating group) is 1. The minimum absolute atomic E-state index is 0.0428. The lowest BCUT2D eigenvalue weighted by atomic mass is 10.0. The van der Waals surface area contributed by atoms with E-state index in [0.717, 1.165) is 51.4 Å². The Kier molecular flexibility index (Phi) is 35.7. The molecule has 2 unspecified atom stereocenters. The first-order valence-corrected chi connectivity index (χ1v) is 22.2. The standard InChI is InChI=1S/C45H85NO7/c1-6-8-10-12-14-16-18-20-22-24-26-28-30-32-34-36-44(48)53-41(39-51-38-37-42(45(49)50)46(3,4)5)40-52-43(47)35-33-31-29-27-25-23-21-19-17-15-13-11-9-7-2/h20,22,41-42H,6-19,21,23-40H2,1-5H3/b22-20-. The number of hydrogen-bond donors (Lipinski definition) is 0. The zero-order valence-electron chi connectivity index (χ0n) is 35.4. The predicted octanol–water partition coefficient (Wildman–Crippen LogP) is 10.6. The average molecular weight is 752 g/mol. The van der Waals surface area contributed by atoms with E-state index in [1.54, 1.807) is 21.1 Å². The number of rotatable bonds is 40. The largest absolute Gasteiger partial charge is 0.544 e. The molecule has 312 valence electrons. The number of aliphatic carboxylic acids is 1. The van der Waals surface area contributed by atoms with Crippen LogP contribution in [0.25, 0.3) is 0 Å². The molecule has 2 atom stereocenters. The van der Waals surface area contributed by atoms with Crippen LogP contribution in [0.2, 0.25) is 0 Å². The molecule has 0 rings (SSSR count). The molecule has 0 aromatic heterocycles. The highest BCUT2D eigenvalue weighted by Crippen LogP contribution is 2.15. The number of carbonyl (C=O) groups is 3. The summed E-state index contributed by atoms with van der Waals surface area (Å²) in [5.41, 5.74) is 0. The Hall–Kier alpha value is -1.93. The summed E-state index contributed by atoms with van der Waals surface area (Å²) in [5, 5.41) is 11.6. The van der Waals surface area contributed by atoms with Crippen molar-refractivity contribution in [2.75, 3.05) is 41.0 Å². The van der Waals surface area contributed by atoms with Crippen molar-refractivity contribution >= 4 is 17.9 Å². The van der Waals surface area contributed by atoms with Crippen LogP contribution >= 0.6 is 0 Å². The maximum atomic E-state index is 12.7. The van der Waals surface area contributed by atoms with E-state index in [1.807, 2.05) is 0 Å². The van der Waals surface area contributed by atoms with E-state index in [9.17, 15) is 19.5 Å². The highest BCUT2D eigenvalue weighted by atomic mass is 16.6. The van der Waals surface area contributed by atoms with Crippen LogP contribution < -0.4 is 5.11 Å². The van der Waals surface area contributed by atoms with Gasteiger partial charge in [0.1, 0.15) is 12.6 Å². The van der Waals surface area contributed by atoms with Crippen molar-refractivity contribution in [3.8, 4) is 0 Å². The Bertz CT molecular complexity index is 885. The SMILES string of the molecule is CCCCCCCC/C=C\CCCCCCCC(=O)OC(COCCC(C(=O)[O-])[N+](C)(C)C)COC(=O)CCCCCCCCCCCCCCCC. The smallest absolute Gasteiger partial charge is 0.306 e. The molecule has 0 amide bonds. The second kappa shape index (κ2) is 37.0. The molecule has 0 spiro atoms. The van der Waals surface area contributed by atoms with Crippen LogP contribution in [0.5, 0.6) is 0 Å². The van der Waals surface area contributed by atoms with Gasteiger partial charge in [0.15, 0.2) is 6.10 Å². The van der Waals surface area contributed by atoms with Crippen molar-refractivity contribution in [1.82, 2.24) is 0 Å². The van der Waals surface area contributed by atoms with Crippen molar-refractivity contribution < 1.29 is 38.2 Å². The molecule has 8 nitrogen and oxygen atoms in total. The van der Waals surface area contributed by atoms with Crippen molar-refractivity contribution in [2.45, 2.75) is 219 Å². The van der Waals surface area contributed by atoms with E-state index < -0.39 is 18.1 Å². The molecule has 0 saturated heterocycles. The number of nitrogens with zero attached hydrogens (tertiary/aromatic N) is 1. The molecule has 0 saturated carbocycles. The van der Waals surface area contributed by atoms with Gasteiger partial charge in [-0.1, -0.05) is 161 Å². The van der Waals surface area contributed by atoms with Gasteiger partial charge in [-0.3, -0.25) is 9.59 Å². The summed E-state index contributed by atoms with van der Waals surface area (Å²) in [6.45, 7) is 4.67. The number of esters is 2. The van der Waals surface area contributed by atoms with Crippen molar-refractivity contribution in [3.63, 3.8) is 0 Å². The Balaban J connectivity index is 4.33. The monoisotopic (exact) mass is 752 g/mol. The van der Waals surface area contributed by atoms with E-state index in [1.165, 1.54) is 122 Å². The molecule has 0 aliphatic rings. The highest BCUT2D eigenvalue weighted by Gasteiger charge is 2.25. The van der Waals surface area contributed by atoms with E-state index >= 15 is 0 Å². The van der Waals surface area contributed by atoms with E-state index in [2.05, 4.69) is 26.0 Å². The van der Waals surface area contributed by atoms with Crippen LogP contribution in [-0.4, -0.2) is 75.5 Å². The van der Waals surface area contributed by atoms with Gasteiger partial charge >= 0.3 is 11.9 Å². The summed E-state index contributed by atoms with van der Waals surface area (Å²) in [6, 6.07) is -0.722. The minimum atomic E-state index is -1.12. The molecular weight excluding hydrogens is 666 g/mol. The van der Waals surface area contributed by atoms with Crippen LogP contribution in [0.3, 0.4) is 0 Å². The summed E-state index contributed by atoms with van der Waals surface area (Å²) in [5.74, 6) is -1.73. The molecule has 8 heteroatoms. The van der Waals surface area contributed by atoms with Gasteiger partial charge in [-0.25, -0.2) is 0 Å². The molecule has 0 aliphatic heterocycles. The Morgan fingerprint density at radius 1 is 0.547 bits per heavy atom. The number of quaternary nitrogens is 1. The summed E-state index contributed by atoms with van der Waals surface area (Å²) in [4.78, 5) is 36.8. The van der Waals surface area contributed by atoms with Gasteiger partial charge in [0.2, 0.25) is 0 Å². The predicted molar refractivity (Wildman–Crippen MR) is 217 cm³/mol. The fourth-order valence-electron chi connectivity index (χ4n) is 6.65. The number of unbranched alkanes of at least 4 members (excludes halogenated alkanes) is 24. The Morgan fingerprint density at radius 2 is 0.943 bits per heavy atom. The summed E-state index contributed by atoms with van der Waals surface area (Å²) < 4.78 is 17.2. The number of ether oxygens (including phenoxy) is 3. The molecule has 0 N–H and O–H groups in total. The lowest BCUT2D eigenvalue weighted by molar-refractivity contribution is -0.889. The van der Waals surface area contributed by atoms with Gasteiger partial charge in [-0.15, -0.1) is 0 Å². The molecule has 53 heavy (non-hydrogen) atoms. The first-order valence-electron chi connectivity index (χ1n) is 22.2. The zero-order chi connectivity index (χ0) is 39.3. The number of hydrogen-bond acceptors (Lipinski definition) is 7. The third-order valence-electron chi connectivity index (χ3n) is 10.2. The molecule has 0 heterocycles. The molecule has 0 aromatic rings. The molecule has 0 fully saturated rings. The number of allylic oxidation sites excluding steroid dienone is 2. The van der Waals surface area contributed by atoms with Crippen LogP contribution in [0.4, 0.5) is 0 Å². The molecule has 0 radical (unpaired) electrons. The Labute approximate surface area is 327 Å². The maximum Gasteiger partial charge on any atom is 0.306 e. The zero-order valence-corrected chi connectivity index (χ0v) is 35.4. The number of carboxylic acid groups (broad SMARTS) is 1. The summed E-state index contributed by atoms with van der Waals surface area (Å²) in [7, 11) is 5.41.